The average molecular weight is 297 g/mol. The second-order valence-corrected chi connectivity index (χ2v) is 5.90. The van der Waals surface area contributed by atoms with Gasteiger partial charge in [0, 0.05) is 18.5 Å². The third-order valence-corrected chi connectivity index (χ3v) is 4.10. The molecular weight excluding hydrogens is 276 g/mol. The maximum atomic E-state index is 12.4. The fraction of sp³-hybridized carbons (Fsp3) is 0.600. The largest absolute Gasteiger partial charge is 0.484 e. The van der Waals surface area contributed by atoms with Crippen molar-refractivity contribution in [3.05, 3.63) is 23.5 Å². The van der Waals surface area contributed by atoms with Crippen molar-refractivity contribution in [2.24, 2.45) is 0 Å². The average Bonchev–Trinajstić information content (AvgIpc) is 2.39. The number of nitrogens with one attached hydrogen (secondary N) is 1. The monoisotopic (exact) mass is 296 g/mol. The molecule has 2 aliphatic heterocycles. The first kappa shape index (κ1) is 15.3. The predicted octanol–water partition coefficient (Wildman–Crippen LogP) is 2.71. The normalized spacial score (nSPS) is 20.2. The van der Waals surface area contributed by atoms with Crippen LogP contribution < -0.4 is 10.1 Å². The van der Waals surface area contributed by atoms with Crippen molar-refractivity contribution in [2.75, 3.05) is 13.1 Å². The van der Waals surface area contributed by atoms with Gasteiger partial charge in [0.1, 0.15) is 11.4 Å². The van der Waals surface area contributed by atoms with E-state index in [-0.39, 0.29) is 23.8 Å². The molecule has 5 heteroatoms. The summed E-state index contributed by atoms with van der Waals surface area (Å²) in [7, 11) is 0. The van der Waals surface area contributed by atoms with E-state index in [2.05, 4.69) is 24.1 Å². The van der Waals surface area contributed by atoms with E-state index < -0.39 is 0 Å². The molecule has 0 unspecified atom stereocenters. The molecule has 1 aromatic heterocycles. The van der Waals surface area contributed by atoms with Crippen LogP contribution in [0.4, 0.5) is 0 Å². The molecule has 0 aromatic carbocycles. The van der Waals surface area contributed by atoms with E-state index in [0.29, 0.717) is 23.7 Å². The zero-order chi connectivity index (χ0) is 13.5. The van der Waals surface area contributed by atoms with E-state index in [1.807, 2.05) is 6.07 Å². The summed E-state index contributed by atoms with van der Waals surface area (Å²) >= 11 is 0. The van der Waals surface area contributed by atoms with Gasteiger partial charge in [-0.25, -0.2) is 0 Å². The van der Waals surface area contributed by atoms with Gasteiger partial charge in [-0.15, -0.1) is 12.4 Å². The molecule has 0 saturated carbocycles. The van der Waals surface area contributed by atoms with Gasteiger partial charge in [0.2, 0.25) is 0 Å². The highest BCUT2D eigenvalue weighted by molar-refractivity contribution is 6.00. The Morgan fingerprint density at radius 2 is 2.05 bits per heavy atom. The smallest absolute Gasteiger partial charge is 0.170 e. The highest BCUT2D eigenvalue weighted by Gasteiger charge is 2.41. The molecule has 20 heavy (non-hydrogen) atoms. The molecule has 0 radical (unpaired) electrons. The van der Waals surface area contributed by atoms with Crippen molar-refractivity contribution < 1.29 is 9.53 Å². The molecule has 1 aromatic rings. The van der Waals surface area contributed by atoms with Gasteiger partial charge in [0.05, 0.1) is 18.2 Å². The number of hydrogen-bond acceptors (Lipinski definition) is 4. The van der Waals surface area contributed by atoms with Crippen LogP contribution >= 0.6 is 12.4 Å². The van der Waals surface area contributed by atoms with Crippen LogP contribution in [0.3, 0.4) is 0 Å². The van der Waals surface area contributed by atoms with Crippen LogP contribution in [0, 0.1) is 0 Å². The minimum Gasteiger partial charge on any atom is -0.484 e. The molecular formula is C15H21ClN2O2. The van der Waals surface area contributed by atoms with Crippen LogP contribution in [-0.4, -0.2) is 29.5 Å². The molecule has 1 saturated heterocycles. The van der Waals surface area contributed by atoms with E-state index in [9.17, 15) is 4.79 Å². The highest BCUT2D eigenvalue weighted by Crippen LogP contribution is 2.38. The maximum Gasteiger partial charge on any atom is 0.170 e. The molecule has 2 aliphatic rings. The molecule has 4 nitrogen and oxygen atoms in total. The molecule has 0 bridgehead atoms. The van der Waals surface area contributed by atoms with Crippen molar-refractivity contribution in [3.8, 4) is 5.75 Å². The Bertz CT molecular complexity index is 511. The molecule has 110 valence electrons. The quantitative estimate of drug-likeness (QED) is 0.866. The summed E-state index contributed by atoms with van der Waals surface area (Å²) in [6.45, 7) is 5.99. The van der Waals surface area contributed by atoms with Crippen LogP contribution in [0.5, 0.6) is 5.75 Å². The summed E-state index contributed by atoms with van der Waals surface area (Å²) in [4.78, 5) is 16.8. The number of nitrogens with zero attached hydrogens (tertiary/aromatic N) is 1. The first-order chi connectivity index (χ1) is 9.10. The Morgan fingerprint density at radius 1 is 1.35 bits per heavy atom. The topological polar surface area (TPSA) is 51.2 Å². The van der Waals surface area contributed by atoms with Gasteiger partial charge in [0.15, 0.2) is 5.78 Å². The lowest BCUT2D eigenvalue weighted by Gasteiger charge is -2.40. The number of hydrogen-bond donors (Lipinski definition) is 1. The second-order valence-electron chi connectivity index (χ2n) is 5.90. The number of Topliss-reactive ketones (excluding diaryl/α,β-unsaturated/α-hetero) is 1. The summed E-state index contributed by atoms with van der Waals surface area (Å²) in [5.41, 5.74) is 1.37. The van der Waals surface area contributed by atoms with E-state index in [1.165, 1.54) is 0 Å². The lowest BCUT2D eigenvalue weighted by molar-refractivity contribution is 0.0183. The molecule has 0 amide bonds. The van der Waals surface area contributed by atoms with E-state index in [0.717, 1.165) is 31.6 Å². The first-order valence-electron chi connectivity index (χ1n) is 7.02. The van der Waals surface area contributed by atoms with E-state index in [1.54, 1.807) is 6.20 Å². The number of aromatic nitrogens is 1. The molecule has 1 N–H and O–H groups in total. The summed E-state index contributed by atoms with van der Waals surface area (Å²) < 4.78 is 6.14. The Hall–Kier alpha value is -1.13. The fourth-order valence-corrected chi connectivity index (χ4v) is 2.89. The van der Waals surface area contributed by atoms with Gasteiger partial charge in [-0.1, -0.05) is 13.8 Å². The summed E-state index contributed by atoms with van der Waals surface area (Å²) in [6.07, 6.45) is 4.02. The minimum absolute atomic E-state index is 0. The van der Waals surface area contributed by atoms with Crippen molar-refractivity contribution in [1.29, 1.82) is 0 Å². The third kappa shape index (κ3) is 2.67. The number of pyridine rings is 1. The van der Waals surface area contributed by atoms with Crippen molar-refractivity contribution in [1.82, 2.24) is 10.3 Å². The first-order valence-corrected chi connectivity index (χ1v) is 7.02. The Balaban J connectivity index is 0.00000147. The highest BCUT2D eigenvalue weighted by atomic mass is 35.5. The van der Waals surface area contributed by atoms with E-state index >= 15 is 0 Å². The zero-order valence-electron chi connectivity index (χ0n) is 11.9. The number of rotatable bonds is 1. The van der Waals surface area contributed by atoms with Gasteiger partial charge in [-0.3, -0.25) is 9.78 Å². The number of piperidine rings is 1. The molecule has 0 aliphatic carbocycles. The number of halogens is 1. The van der Waals surface area contributed by atoms with Gasteiger partial charge < -0.3 is 10.1 Å². The lowest BCUT2D eigenvalue weighted by atomic mass is 9.83. The van der Waals surface area contributed by atoms with Crippen molar-refractivity contribution in [3.63, 3.8) is 0 Å². The second kappa shape index (κ2) is 5.70. The number of ether oxygens (including phenoxy) is 1. The van der Waals surface area contributed by atoms with Crippen molar-refractivity contribution in [2.45, 2.75) is 44.6 Å². The van der Waals surface area contributed by atoms with Gasteiger partial charge in [-0.2, -0.15) is 0 Å². The minimum atomic E-state index is -0.295. The molecule has 3 heterocycles. The van der Waals surface area contributed by atoms with Gasteiger partial charge in [-0.05, 0) is 25.1 Å². The van der Waals surface area contributed by atoms with Crippen LogP contribution in [-0.2, 0) is 0 Å². The molecule has 1 fully saturated rings. The van der Waals surface area contributed by atoms with Gasteiger partial charge >= 0.3 is 0 Å². The number of ketones is 1. The molecule has 0 atom stereocenters. The Kier molecular flexibility index (Phi) is 4.35. The summed E-state index contributed by atoms with van der Waals surface area (Å²) in [5, 5.41) is 3.31. The summed E-state index contributed by atoms with van der Waals surface area (Å²) in [5.74, 6) is 1.20. The molecule has 1 spiro atoms. The van der Waals surface area contributed by atoms with Crippen LogP contribution in [0.25, 0.3) is 0 Å². The van der Waals surface area contributed by atoms with Crippen LogP contribution in [0.2, 0.25) is 0 Å². The number of carbonyl (C=O) groups is 1. The zero-order valence-corrected chi connectivity index (χ0v) is 12.8. The van der Waals surface area contributed by atoms with E-state index in [4.69, 9.17) is 4.74 Å². The van der Waals surface area contributed by atoms with Crippen LogP contribution in [0.15, 0.2) is 12.3 Å². The van der Waals surface area contributed by atoms with Crippen LogP contribution in [0.1, 0.15) is 55.1 Å². The maximum absolute atomic E-state index is 12.4. The standard InChI is InChI=1S/C15H20N2O2.ClH/c1-10(2)12-7-11-13(18)8-15(3-5-16-6-4-15)19-14(11)9-17-12;/h7,9-10,16H,3-6,8H2,1-2H3;1H. The Morgan fingerprint density at radius 3 is 2.70 bits per heavy atom. The lowest BCUT2D eigenvalue weighted by Crippen LogP contribution is -2.49. The van der Waals surface area contributed by atoms with Gasteiger partial charge in [0.25, 0.3) is 0 Å². The predicted molar refractivity (Wildman–Crippen MR) is 80.0 cm³/mol. The molecule has 3 rings (SSSR count). The Labute approximate surface area is 125 Å². The summed E-state index contributed by atoms with van der Waals surface area (Å²) in [6, 6.07) is 1.90. The number of fused-ring (bicyclic) bond motifs is 1. The SMILES string of the molecule is CC(C)c1cc2c(cn1)OC1(CCNCC1)CC2=O.Cl. The third-order valence-electron chi connectivity index (χ3n) is 4.10. The van der Waals surface area contributed by atoms with Crippen molar-refractivity contribution >= 4 is 18.2 Å². The fourth-order valence-electron chi connectivity index (χ4n) is 2.89. The number of carbonyl (C=O) groups excluding carboxylic acids is 1.